The maximum Gasteiger partial charge on any atom is 0.258 e. The van der Waals surface area contributed by atoms with Crippen LogP contribution in [0.25, 0.3) is 0 Å². The molecule has 152 valence electrons. The van der Waals surface area contributed by atoms with Crippen LogP contribution >= 0.6 is 23.5 Å². The van der Waals surface area contributed by atoms with E-state index in [1.807, 2.05) is 35.7 Å². The SMILES string of the molecule is C[C@H](NC(=O)COc1ccc(C2SCCS2)cc1)C12CC3CC(CC(C3)C1)C2. The molecule has 1 aromatic rings. The van der Waals surface area contributed by atoms with Crippen LogP contribution < -0.4 is 10.1 Å². The largest absolute Gasteiger partial charge is 0.484 e. The molecule has 1 heterocycles. The highest BCUT2D eigenvalue weighted by molar-refractivity contribution is 8.19. The van der Waals surface area contributed by atoms with Crippen LogP contribution in [0.3, 0.4) is 0 Å². The van der Waals surface area contributed by atoms with Gasteiger partial charge in [0.25, 0.3) is 5.91 Å². The summed E-state index contributed by atoms with van der Waals surface area (Å²) in [5.74, 6) is 6.01. The Hall–Kier alpha value is -0.810. The van der Waals surface area contributed by atoms with Gasteiger partial charge < -0.3 is 10.1 Å². The molecule has 1 N–H and O–H groups in total. The lowest BCUT2D eigenvalue weighted by Crippen LogP contribution is -2.56. The Balaban J connectivity index is 1.13. The fraction of sp³-hybridized carbons (Fsp3) is 0.696. The molecule has 0 unspecified atom stereocenters. The van der Waals surface area contributed by atoms with Crippen molar-refractivity contribution in [2.24, 2.45) is 23.2 Å². The fourth-order valence-corrected chi connectivity index (χ4v) is 9.42. The highest BCUT2D eigenvalue weighted by Gasteiger charge is 2.53. The Morgan fingerprint density at radius 3 is 2.21 bits per heavy atom. The minimum atomic E-state index is 0.0224. The zero-order valence-corrected chi connectivity index (χ0v) is 18.3. The van der Waals surface area contributed by atoms with Gasteiger partial charge in [0.2, 0.25) is 0 Å². The number of carbonyl (C=O) groups is 1. The highest BCUT2D eigenvalue weighted by Crippen LogP contribution is 2.61. The van der Waals surface area contributed by atoms with Crippen LogP contribution in [0.4, 0.5) is 0 Å². The number of hydrogen-bond acceptors (Lipinski definition) is 4. The number of thioether (sulfide) groups is 2. The summed E-state index contributed by atoms with van der Waals surface area (Å²) in [6.07, 6.45) is 8.28. The molecular formula is C23H31NO2S2. The quantitative estimate of drug-likeness (QED) is 0.685. The standard InChI is InChI=1S/C23H31NO2S2/c1-15(23-11-16-8-17(12-23)10-18(9-16)13-23)24-21(25)14-26-20-4-2-19(3-5-20)22-27-6-7-28-22/h2-5,15-18,22H,6-14H2,1H3,(H,24,25)/t15-,16?,17?,18?,23?/m0/s1. The Labute approximate surface area is 177 Å². The van der Waals surface area contributed by atoms with Crippen LogP contribution in [-0.4, -0.2) is 30.1 Å². The Morgan fingerprint density at radius 2 is 1.64 bits per heavy atom. The third kappa shape index (κ3) is 3.81. The molecule has 3 nitrogen and oxygen atoms in total. The summed E-state index contributed by atoms with van der Waals surface area (Å²) in [5.41, 5.74) is 1.70. The second-order valence-corrected chi connectivity index (χ2v) is 12.2. The van der Waals surface area contributed by atoms with Gasteiger partial charge in [0.1, 0.15) is 5.75 Å². The van der Waals surface area contributed by atoms with E-state index < -0.39 is 0 Å². The van der Waals surface area contributed by atoms with E-state index in [4.69, 9.17) is 4.74 Å². The van der Waals surface area contributed by atoms with E-state index >= 15 is 0 Å². The molecule has 5 fully saturated rings. The molecule has 5 aliphatic rings. The summed E-state index contributed by atoms with van der Waals surface area (Å²) in [4.78, 5) is 12.6. The molecule has 4 bridgehead atoms. The molecule has 5 heteroatoms. The third-order valence-electron chi connectivity index (χ3n) is 7.53. The van der Waals surface area contributed by atoms with Crippen LogP contribution in [0.1, 0.15) is 55.6 Å². The van der Waals surface area contributed by atoms with Gasteiger partial charge in [0, 0.05) is 17.5 Å². The van der Waals surface area contributed by atoms with E-state index in [-0.39, 0.29) is 18.6 Å². The van der Waals surface area contributed by atoms with E-state index in [1.54, 1.807) is 0 Å². The lowest BCUT2D eigenvalue weighted by atomic mass is 9.48. The van der Waals surface area contributed by atoms with E-state index in [1.165, 1.54) is 55.6 Å². The molecule has 0 radical (unpaired) electrons. The minimum absolute atomic E-state index is 0.0224. The molecule has 6 rings (SSSR count). The van der Waals surface area contributed by atoms with E-state index in [0.29, 0.717) is 10.00 Å². The summed E-state index contributed by atoms with van der Waals surface area (Å²) in [6, 6.07) is 8.55. The number of ether oxygens (including phenoxy) is 1. The molecule has 28 heavy (non-hydrogen) atoms. The monoisotopic (exact) mass is 417 g/mol. The van der Waals surface area contributed by atoms with Crippen LogP contribution in [0.5, 0.6) is 5.75 Å². The van der Waals surface area contributed by atoms with Crippen LogP contribution in [0, 0.1) is 23.2 Å². The van der Waals surface area contributed by atoms with Crippen molar-refractivity contribution in [3.63, 3.8) is 0 Å². The number of benzene rings is 1. The smallest absolute Gasteiger partial charge is 0.258 e. The van der Waals surface area contributed by atoms with Crippen molar-refractivity contribution in [1.29, 1.82) is 0 Å². The first kappa shape index (κ1) is 19.2. The van der Waals surface area contributed by atoms with Crippen LogP contribution in [0.2, 0.25) is 0 Å². The van der Waals surface area contributed by atoms with E-state index in [0.717, 1.165) is 23.5 Å². The number of hydrogen-bond donors (Lipinski definition) is 1. The Kier molecular flexibility index (Phi) is 5.33. The first-order valence-corrected chi connectivity index (χ1v) is 12.9. The predicted octanol–water partition coefficient (Wildman–Crippen LogP) is 5.27. The summed E-state index contributed by atoms with van der Waals surface area (Å²) in [7, 11) is 0. The molecule has 1 aliphatic heterocycles. The predicted molar refractivity (Wildman–Crippen MR) is 118 cm³/mol. The van der Waals surface area contributed by atoms with Gasteiger partial charge in [-0.15, -0.1) is 23.5 Å². The van der Waals surface area contributed by atoms with Gasteiger partial charge in [-0.1, -0.05) is 12.1 Å². The van der Waals surface area contributed by atoms with Crippen molar-refractivity contribution in [2.75, 3.05) is 18.1 Å². The maximum atomic E-state index is 12.6. The van der Waals surface area contributed by atoms with Crippen LogP contribution in [0.15, 0.2) is 24.3 Å². The Morgan fingerprint density at radius 1 is 1.07 bits per heavy atom. The zero-order chi connectivity index (χ0) is 19.1. The van der Waals surface area contributed by atoms with Gasteiger partial charge in [-0.3, -0.25) is 4.79 Å². The topological polar surface area (TPSA) is 38.3 Å². The second-order valence-electron chi connectivity index (χ2n) is 9.50. The lowest BCUT2D eigenvalue weighted by Gasteiger charge is -2.59. The molecule has 1 amide bonds. The molecule has 4 saturated carbocycles. The van der Waals surface area contributed by atoms with Crippen molar-refractivity contribution in [3.05, 3.63) is 29.8 Å². The molecular weight excluding hydrogens is 386 g/mol. The minimum Gasteiger partial charge on any atom is -0.484 e. The number of carbonyl (C=O) groups excluding carboxylic acids is 1. The average molecular weight is 418 g/mol. The van der Waals surface area contributed by atoms with Gasteiger partial charge in [-0.2, -0.15) is 0 Å². The van der Waals surface area contributed by atoms with Crippen molar-refractivity contribution in [3.8, 4) is 5.75 Å². The third-order valence-corrected chi connectivity index (χ3v) is 10.6. The highest BCUT2D eigenvalue weighted by atomic mass is 32.2. The van der Waals surface area contributed by atoms with Gasteiger partial charge in [-0.05, 0) is 86.3 Å². The lowest BCUT2D eigenvalue weighted by molar-refractivity contribution is -0.127. The molecule has 1 atom stereocenters. The van der Waals surface area contributed by atoms with Gasteiger partial charge in [0.05, 0.1) is 4.58 Å². The number of rotatable bonds is 6. The summed E-state index contributed by atoms with van der Waals surface area (Å²) < 4.78 is 6.33. The molecule has 1 saturated heterocycles. The van der Waals surface area contributed by atoms with Crippen molar-refractivity contribution < 1.29 is 9.53 Å². The maximum absolute atomic E-state index is 12.6. The van der Waals surface area contributed by atoms with Crippen molar-refractivity contribution >= 4 is 29.4 Å². The van der Waals surface area contributed by atoms with Crippen LogP contribution in [-0.2, 0) is 4.79 Å². The van der Waals surface area contributed by atoms with E-state index in [2.05, 4.69) is 24.4 Å². The summed E-state index contributed by atoms with van der Waals surface area (Å²) in [6.45, 7) is 2.35. The molecule has 1 aromatic carbocycles. The summed E-state index contributed by atoms with van der Waals surface area (Å²) in [5, 5.41) is 3.29. The fourth-order valence-electron chi connectivity index (χ4n) is 6.57. The van der Waals surface area contributed by atoms with Gasteiger partial charge >= 0.3 is 0 Å². The normalized spacial score (nSPS) is 35.1. The summed E-state index contributed by atoms with van der Waals surface area (Å²) >= 11 is 4.02. The number of amides is 1. The molecule has 4 aliphatic carbocycles. The average Bonchev–Trinajstić information content (AvgIpc) is 3.20. The second kappa shape index (κ2) is 7.79. The zero-order valence-electron chi connectivity index (χ0n) is 16.7. The first-order valence-electron chi connectivity index (χ1n) is 10.8. The molecule has 0 aromatic heterocycles. The van der Waals surface area contributed by atoms with E-state index in [9.17, 15) is 4.79 Å². The van der Waals surface area contributed by atoms with Gasteiger partial charge in [-0.25, -0.2) is 0 Å². The number of nitrogens with one attached hydrogen (secondary N) is 1. The van der Waals surface area contributed by atoms with Gasteiger partial charge in [0.15, 0.2) is 6.61 Å². The van der Waals surface area contributed by atoms with Crippen molar-refractivity contribution in [1.82, 2.24) is 5.32 Å². The first-order chi connectivity index (χ1) is 13.6. The molecule has 0 spiro atoms. The van der Waals surface area contributed by atoms with Crippen molar-refractivity contribution in [2.45, 2.75) is 56.1 Å². The Bertz CT molecular complexity index is 679.